The molecule has 7 nitrogen and oxygen atoms in total. The number of amides is 2. The van der Waals surface area contributed by atoms with Crippen molar-refractivity contribution in [2.75, 3.05) is 45.9 Å². The zero-order valence-electron chi connectivity index (χ0n) is 21.8. The zero-order chi connectivity index (χ0) is 28.1. The van der Waals surface area contributed by atoms with E-state index < -0.39 is 35.3 Å². The molecule has 0 bridgehead atoms. The van der Waals surface area contributed by atoms with Crippen molar-refractivity contribution in [3.05, 3.63) is 107 Å². The van der Waals surface area contributed by atoms with E-state index in [-0.39, 0.29) is 30.6 Å². The molecule has 0 radical (unpaired) electrons. The van der Waals surface area contributed by atoms with Crippen LogP contribution in [0.3, 0.4) is 0 Å². The maximum atomic E-state index is 14.6. The number of ether oxygens (including phenoxy) is 1. The number of morpholine rings is 1. The van der Waals surface area contributed by atoms with Gasteiger partial charge in [-0.25, -0.2) is 18.2 Å². The number of carbonyl (C=O) groups excluding carboxylic acids is 2. The molecule has 10 heteroatoms. The Labute approximate surface area is 230 Å². The fraction of sp³-hybridized carbons (Fsp3) is 0.300. The molecule has 3 aromatic rings. The van der Waals surface area contributed by atoms with Crippen LogP contribution in [0.2, 0.25) is 0 Å². The molecule has 1 atom stereocenters. The van der Waals surface area contributed by atoms with Gasteiger partial charge in [-0.3, -0.25) is 14.5 Å². The Hall–Kier alpha value is -4.02. The number of nitrogens with zero attached hydrogens (tertiary/aromatic N) is 4. The summed E-state index contributed by atoms with van der Waals surface area (Å²) >= 11 is 0. The first-order valence-corrected chi connectivity index (χ1v) is 13.1. The lowest BCUT2D eigenvalue weighted by atomic mass is 9.98. The summed E-state index contributed by atoms with van der Waals surface area (Å²) in [5.74, 6) is -2.72. The summed E-state index contributed by atoms with van der Waals surface area (Å²) in [5.41, 5.74) is 1.10. The predicted molar refractivity (Wildman–Crippen MR) is 143 cm³/mol. The number of rotatable bonds is 8. The second-order valence-electron chi connectivity index (χ2n) is 9.70. The molecule has 40 heavy (non-hydrogen) atoms. The lowest BCUT2D eigenvalue weighted by Gasteiger charge is -2.31. The molecular weight excluding hydrogens is 521 g/mol. The average molecular weight is 551 g/mol. The minimum absolute atomic E-state index is 0.135. The van der Waals surface area contributed by atoms with Crippen molar-refractivity contribution in [2.24, 2.45) is 5.10 Å². The Balaban J connectivity index is 1.43. The summed E-state index contributed by atoms with van der Waals surface area (Å²) in [4.78, 5) is 30.6. The topological polar surface area (TPSA) is 65.5 Å². The molecule has 208 valence electrons. The van der Waals surface area contributed by atoms with Gasteiger partial charge in [-0.2, -0.15) is 5.10 Å². The first-order chi connectivity index (χ1) is 19.4. The summed E-state index contributed by atoms with van der Waals surface area (Å²) in [6, 6.07) is 16.8. The molecule has 0 aromatic heterocycles. The van der Waals surface area contributed by atoms with Gasteiger partial charge in [-0.05, 0) is 35.9 Å². The Morgan fingerprint density at radius 3 is 2.27 bits per heavy atom. The highest BCUT2D eigenvalue weighted by Gasteiger charge is 2.35. The fourth-order valence-electron chi connectivity index (χ4n) is 4.92. The van der Waals surface area contributed by atoms with E-state index in [0.29, 0.717) is 44.1 Å². The summed E-state index contributed by atoms with van der Waals surface area (Å²) in [7, 11) is 0. The van der Waals surface area contributed by atoms with E-state index in [9.17, 15) is 22.8 Å². The first-order valence-electron chi connectivity index (χ1n) is 13.1. The third kappa shape index (κ3) is 6.24. The van der Waals surface area contributed by atoms with Crippen molar-refractivity contribution in [1.29, 1.82) is 0 Å². The van der Waals surface area contributed by atoms with Crippen molar-refractivity contribution in [3.8, 4) is 0 Å². The maximum absolute atomic E-state index is 14.6. The number of hydrogen-bond acceptors (Lipinski definition) is 5. The molecule has 2 heterocycles. The molecule has 3 aromatic carbocycles. The average Bonchev–Trinajstić information content (AvgIpc) is 3.42. The van der Waals surface area contributed by atoms with E-state index in [0.717, 1.165) is 0 Å². The number of benzene rings is 3. The minimum Gasteiger partial charge on any atom is -0.379 e. The van der Waals surface area contributed by atoms with Crippen molar-refractivity contribution < 1.29 is 27.5 Å². The largest absolute Gasteiger partial charge is 0.379 e. The van der Waals surface area contributed by atoms with Gasteiger partial charge in [0.25, 0.3) is 11.8 Å². The molecule has 0 spiro atoms. The van der Waals surface area contributed by atoms with Gasteiger partial charge in [0.1, 0.15) is 24.0 Å². The third-order valence-electron chi connectivity index (χ3n) is 7.11. The third-order valence-corrected chi connectivity index (χ3v) is 7.11. The lowest BCUT2D eigenvalue weighted by Crippen LogP contribution is -2.46. The van der Waals surface area contributed by atoms with Crippen LogP contribution >= 0.6 is 0 Å². The van der Waals surface area contributed by atoms with E-state index in [4.69, 9.17) is 4.74 Å². The fourth-order valence-corrected chi connectivity index (χ4v) is 4.92. The molecule has 2 aliphatic heterocycles. The van der Waals surface area contributed by atoms with Crippen LogP contribution in [0.4, 0.5) is 13.2 Å². The quantitative estimate of drug-likeness (QED) is 0.421. The van der Waals surface area contributed by atoms with Gasteiger partial charge in [-0.15, -0.1) is 0 Å². The van der Waals surface area contributed by atoms with Gasteiger partial charge in [0.15, 0.2) is 0 Å². The van der Waals surface area contributed by atoms with Crippen LogP contribution in [0.15, 0.2) is 77.9 Å². The molecule has 2 amide bonds. The van der Waals surface area contributed by atoms with Gasteiger partial charge >= 0.3 is 0 Å². The van der Waals surface area contributed by atoms with Crippen LogP contribution in [0.5, 0.6) is 0 Å². The van der Waals surface area contributed by atoms with Crippen LogP contribution < -0.4 is 0 Å². The number of halogens is 3. The highest BCUT2D eigenvalue weighted by molar-refractivity contribution is 6.04. The van der Waals surface area contributed by atoms with Crippen molar-refractivity contribution >= 4 is 17.5 Å². The number of hydrazone groups is 1. The van der Waals surface area contributed by atoms with E-state index in [1.165, 1.54) is 46.3 Å². The summed E-state index contributed by atoms with van der Waals surface area (Å²) in [6.45, 7) is 2.79. The lowest BCUT2D eigenvalue weighted by molar-refractivity contribution is -0.133. The molecule has 0 N–H and O–H groups in total. The standard InChI is InChI=1S/C30H29F3N4O3/c31-22-11-9-21(10-12-22)28-19-27(23-5-1-3-7-25(23)32)34-37(28)29(38)20-36(14-13-35-15-17-40-18-16-35)30(39)24-6-2-4-8-26(24)33/h1-12,28H,13-20H2/t28-/m0/s1. The SMILES string of the molecule is O=C(c1ccccc1F)N(CCN1CCOCC1)CC(=O)N1N=C(c2ccccc2F)C[C@H]1c1ccc(F)cc1. The second kappa shape index (κ2) is 12.4. The van der Waals surface area contributed by atoms with Crippen LogP contribution in [-0.4, -0.2) is 78.3 Å². The summed E-state index contributed by atoms with van der Waals surface area (Å²) < 4.78 is 48.3. The second-order valence-corrected chi connectivity index (χ2v) is 9.70. The van der Waals surface area contributed by atoms with E-state index in [2.05, 4.69) is 10.0 Å². The van der Waals surface area contributed by atoms with Gasteiger partial charge in [0, 0.05) is 38.2 Å². The zero-order valence-corrected chi connectivity index (χ0v) is 21.8. The van der Waals surface area contributed by atoms with Gasteiger partial charge in [0.05, 0.1) is 30.5 Å². The number of hydrogen-bond donors (Lipinski definition) is 0. The molecule has 1 fully saturated rings. The highest BCUT2D eigenvalue weighted by Crippen LogP contribution is 2.33. The van der Waals surface area contributed by atoms with E-state index >= 15 is 0 Å². The molecule has 0 saturated carbocycles. The normalized spacial score (nSPS) is 17.5. The minimum atomic E-state index is -0.679. The van der Waals surface area contributed by atoms with Crippen LogP contribution in [0, 0.1) is 17.5 Å². The van der Waals surface area contributed by atoms with Crippen LogP contribution in [-0.2, 0) is 9.53 Å². The monoisotopic (exact) mass is 550 g/mol. The smallest absolute Gasteiger partial charge is 0.262 e. The predicted octanol–water partition coefficient (Wildman–Crippen LogP) is 4.26. The van der Waals surface area contributed by atoms with Gasteiger partial charge in [-0.1, -0.05) is 42.5 Å². The Morgan fingerprint density at radius 1 is 0.900 bits per heavy atom. The summed E-state index contributed by atoms with van der Waals surface area (Å²) in [6.07, 6.45) is 0.202. The van der Waals surface area contributed by atoms with Crippen molar-refractivity contribution in [1.82, 2.24) is 14.8 Å². The Bertz CT molecular complexity index is 1390. The van der Waals surface area contributed by atoms with Crippen LogP contribution in [0.25, 0.3) is 0 Å². The Kier molecular flexibility index (Phi) is 8.57. The first kappa shape index (κ1) is 27.5. The van der Waals surface area contributed by atoms with Gasteiger partial charge in [0.2, 0.25) is 0 Å². The molecule has 5 rings (SSSR count). The number of carbonyl (C=O) groups is 2. The van der Waals surface area contributed by atoms with E-state index in [1.54, 1.807) is 36.4 Å². The molecule has 0 unspecified atom stereocenters. The van der Waals surface area contributed by atoms with Crippen LogP contribution in [0.1, 0.15) is 33.9 Å². The van der Waals surface area contributed by atoms with E-state index in [1.807, 2.05) is 0 Å². The molecular formula is C30H29F3N4O3. The summed E-state index contributed by atoms with van der Waals surface area (Å²) in [5, 5.41) is 5.71. The molecule has 2 aliphatic rings. The van der Waals surface area contributed by atoms with Gasteiger partial charge < -0.3 is 9.64 Å². The maximum Gasteiger partial charge on any atom is 0.262 e. The molecule has 1 saturated heterocycles. The van der Waals surface area contributed by atoms with Crippen molar-refractivity contribution in [3.63, 3.8) is 0 Å². The molecule has 0 aliphatic carbocycles. The Morgan fingerprint density at radius 2 is 1.57 bits per heavy atom. The van der Waals surface area contributed by atoms with Crippen molar-refractivity contribution in [2.45, 2.75) is 12.5 Å². The highest BCUT2D eigenvalue weighted by atomic mass is 19.1.